The summed E-state index contributed by atoms with van der Waals surface area (Å²) in [6.07, 6.45) is -8.45. The van der Waals surface area contributed by atoms with E-state index < -0.39 is 41.3 Å². The van der Waals surface area contributed by atoms with Crippen molar-refractivity contribution in [3.05, 3.63) is 22.2 Å². The Morgan fingerprint density at radius 2 is 1.89 bits per heavy atom. The second-order valence-corrected chi connectivity index (χ2v) is 6.57. The fraction of sp³-hybridized carbons (Fsp3) is 0.467. The van der Waals surface area contributed by atoms with Crippen LogP contribution < -0.4 is 15.4 Å². The molecular formula is C15H15Cl2F4N3O3. The van der Waals surface area contributed by atoms with Crippen LogP contribution in [0, 0.1) is 0 Å². The first-order valence-corrected chi connectivity index (χ1v) is 8.42. The Hall–Kier alpha value is -1.94. The first kappa shape index (κ1) is 21.4. The minimum Gasteiger partial charge on any atom is -0.427 e. The van der Waals surface area contributed by atoms with Gasteiger partial charge in [0.25, 0.3) is 0 Å². The molecule has 2 N–H and O–H groups in total. The normalized spacial score (nSPS) is 16.7. The van der Waals surface area contributed by atoms with E-state index in [1.807, 2.05) is 0 Å². The van der Waals surface area contributed by atoms with E-state index in [4.69, 9.17) is 28.9 Å². The second kappa shape index (κ2) is 7.97. The zero-order valence-electron chi connectivity index (χ0n) is 13.9. The summed E-state index contributed by atoms with van der Waals surface area (Å²) in [4.78, 5) is 26.3. The van der Waals surface area contributed by atoms with Gasteiger partial charge < -0.3 is 15.4 Å². The lowest BCUT2D eigenvalue weighted by Crippen LogP contribution is -2.56. The fourth-order valence-corrected chi connectivity index (χ4v) is 3.00. The summed E-state index contributed by atoms with van der Waals surface area (Å²) in [6, 6.07) is 0.310. The van der Waals surface area contributed by atoms with E-state index in [2.05, 4.69) is 4.74 Å². The van der Waals surface area contributed by atoms with Crippen LogP contribution in [0.25, 0.3) is 0 Å². The van der Waals surface area contributed by atoms with E-state index in [1.165, 1.54) is 11.8 Å². The number of urea groups is 1. The van der Waals surface area contributed by atoms with Crippen LogP contribution in [0.1, 0.15) is 13.3 Å². The largest absolute Gasteiger partial charge is 0.461 e. The standard InChI is InChI=1S/C15H15Cl2F4N3O3/c1-7(12(22)25)23-3-2-4-24(14(23)26)10-6-11(9(17)5-8(10)16)27-15(20,21)13(18)19/h5-7,13H,2-4H2,1H3,(H2,22,25)/t7-/m0/s1. The third-order valence-electron chi connectivity index (χ3n) is 3.93. The maximum Gasteiger partial charge on any atom is 0.461 e. The first-order valence-electron chi connectivity index (χ1n) is 7.67. The lowest BCUT2D eigenvalue weighted by atomic mass is 10.2. The third-order valence-corrected chi connectivity index (χ3v) is 4.53. The van der Waals surface area contributed by atoms with Crippen LogP contribution in [0.5, 0.6) is 5.75 Å². The number of nitrogens with two attached hydrogens (primary N) is 1. The second-order valence-electron chi connectivity index (χ2n) is 5.76. The van der Waals surface area contributed by atoms with Crippen molar-refractivity contribution in [3.8, 4) is 5.75 Å². The molecule has 1 fully saturated rings. The molecule has 1 heterocycles. The van der Waals surface area contributed by atoms with Crippen LogP contribution in [0.15, 0.2) is 12.1 Å². The van der Waals surface area contributed by atoms with Crippen molar-refractivity contribution < 1.29 is 31.9 Å². The van der Waals surface area contributed by atoms with Gasteiger partial charge in [0, 0.05) is 19.2 Å². The van der Waals surface area contributed by atoms with Crippen molar-refractivity contribution >= 4 is 40.8 Å². The average molecular weight is 432 g/mol. The smallest absolute Gasteiger partial charge is 0.427 e. The fourth-order valence-electron chi connectivity index (χ4n) is 2.48. The molecule has 1 aromatic rings. The highest BCUT2D eigenvalue weighted by molar-refractivity contribution is 6.37. The molecule has 6 nitrogen and oxygen atoms in total. The van der Waals surface area contributed by atoms with Crippen LogP contribution in [-0.2, 0) is 4.79 Å². The Kier molecular flexibility index (Phi) is 6.31. The van der Waals surface area contributed by atoms with Crippen molar-refractivity contribution in [1.82, 2.24) is 4.90 Å². The molecule has 2 rings (SSSR count). The van der Waals surface area contributed by atoms with Crippen molar-refractivity contribution in [2.75, 3.05) is 18.0 Å². The van der Waals surface area contributed by atoms with E-state index >= 15 is 0 Å². The number of hydrogen-bond donors (Lipinski definition) is 1. The number of carbonyl (C=O) groups excluding carboxylic acids is 2. The van der Waals surface area contributed by atoms with Gasteiger partial charge in [-0.1, -0.05) is 23.2 Å². The van der Waals surface area contributed by atoms with Crippen molar-refractivity contribution in [1.29, 1.82) is 0 Å². The summed E-state index contributed by atoms with van der Waals surface area (Å²) in [5.74, 6) is -1.50. The van der Waals surface area contributed by atoms with Gasteiger partial charge in [-0.25, -0.2) is 4.79 Å². The van der Waals surface area contributed by atoms with Gasteiger partial charge in [-0.2, -0.15) is 17.6 Å². The van der Waals surface area contributed by atoms with Gasteiger partial charge in [0.1, 0.15) is 11.8 Å². The number of benzene rings is 1. The number of primary amides is 1. The molecule has 0 unspecified atom stereocenters. The summed E-state index contributed by atoms with van der Waals surface area (Å²) in [5.41, 5.74) is 5.14. The van der Waals surface area contributed by atoms with Crippen molar-refractivity contribution in [3.63, 3.8) is 0 Å². The molecule has 0 radical (unpaired) electrons. The molecule has 0 aromatic heterocycles. The zero-order valence-corrected chi connectivity index (χ0v) is 15.4. The predicted octanol–water partition coefficient (Wildman–Crippen LogP) is 3.74. The number of rotatable bonds is 6. The zero-order chi connectivity index (χ0) is 20.5. The summed E-state index contributed by atoms with van der Waals surface area (Å²) in [5, 5.41) is -0.523. The number of nitrogens with zero attached hydrogens (tertiary/aromatic N) is 2. The van der Waals surface area contributed by atoms with Gasteiger partial charge in [-0.15, -0.1) is 0 Å². The molecule has 0 bridgehead atoms. The minimum absolute atomic E-state index is 0.0764. The summed E-state index contributed by atoms with van der Waals surface area (Å²) < 4.78 is 55.2. The summed E-state index contributed by atoms with van der Waals surface area (Å²) in [6.45, 7) is 1.83. The molecule has 1 aromatic carbocycles. The summed E-state index contributed by atoms with van der Waals surface area (Å²) in [7, 11) is 0. The number of hydrogen-bond acceptors (Lipinski definition) is 3. The SMILES string of the molecule is C[C@@H](C(N)=O)N1CCCN(c2cc(OC(F)(F)C(F)F)c(Cl)cc2Cl)C1=O. The van der Waals surface area contributed by atoms with Gasteiger partial charge in [0.05, 0.1) is 15.7 Å². The van der Waals surface area contributed by atoms with Gasteiger partial charge in [-0.3, -0.25) is 9.69 Å². The van der Waals surface area contributed by atoms with Crippen LogP contribution in [-0.4, -0.2) is 48.5 Å². The van der Waals surface area contributed by atoms with Gasteiger partial charge >= 0.3 is 18.6 Å². The number of carbonyl (C=O) groups is 2. The molecule has 0 aliphatic carbocycles. The highest BCUT2D eigenvalue weighted by Gasteiger charge is 2.44. The minimum atomic E-state index is -4.78. The quantitative estimate of drug-likeness (QED) is 0.697. The predicted molar refractivity (Wildman–Crippen MR) is 90.8 cm³/mol. The molecule has 1 aliphatic rings. The Morgan fingerprint density at radius 1 is 1.26 bits per heavy atom. The number of ether oxygens (including phenoxy) is 1. The Labute approximate surface area is 161 Å². The molecule has 0 spiro atoms. The van der Waals surface area contributed by atoms with Gasteiger partial charge in [0.2, 0.25) is 5.91 Å². The van der Waals surface area contributed by atoms with E-state index in [-0.39, 0.29) is 23.8 Å². The molecule has 1 atom stereocenters. The molecule has 12 heteroatoms. The summed E-state index contributed by atoms with van der Waals surface area (Å²) >= 11 is 11.8. The van der Waals surface area contributed by atoms with E-state index in [9.17, 15) is 27.2 Å². The monoisotopic (exact) mass is 431 g/mol. The number of anilines is 1. The maximum absolute atomic E-state index is 13.2. The lowest BCUT2D eigenvalue weighted by molar-refractivity contribution is -0.253. The molecule has 0 saturated carbocycles. The molecule has 1 saturated heterocycles. The van der Waals surface area contributed by atoms with Crippen molar-refractivity contribution in [2.45, 2.75) is 31.9 Å². The topological polar surface area (TPSA) is 75.9 Å². The Morgan fingerprint density at radius 3 is 2.44 bits per heavy atom. The average Bonchev–Trinajstić information content (AvgIpc) is 2.57. The highest BCUT2D eigenvalue weighted by Crippen LogP contribution is 2.40. The van der Waals surface area contributed by atoms with Crippen LogP contribution in [0.2, 0.25) is 10.0 Å². The van der Waals surface area contributed by atoms with Crippen LogP contribution in [0.4, 0.5) is 28.0 Å². The molecular weight excluding hydrogens is 417 g/mol. The van der Waals surface area contributed by atoms with E-state index in [1.54, 1.807) is 0 Å². The number of alkyl halides is 4. The third kappa shape index (κ3) is 4.49. The first-order chi connectivity index (χ1) is 12.5. The lowest BCUT2D eigenvalue weighted by Gasteiger charge is -2.38. The van der Waals surface area contributed by atoms with E-state index in [0.29, 0.717) is 6.42 Å². The van der Waals surface area contributed by atoms with Gasteiger partial charge in [-0.05, 0) is 19.4 Å². The van der Waals surface area contributed by atoms with E-state index in [0.717, 1.165) is 17.0 Å². The molecule has 1 aliphatic heterocycles. The Balaban J connectivity index is 2.38. The van der Waals surface area contributed by atoms with Crippen LogP contribution >= 0.6 is 23.2 Å². The number of amides is 3. The molecule has 3 amide bonds. The Bertz CT molecular complexity index is 751. The van der Waals surface area contributed by atoms with Crippen molar-refractivity contribution in [2.24, 2.45) is 5.73 Å². The van der Waals surface area contributed by atoms with Crippen LogP contribution in [0.3, 0.4) is 0 Å². The molecule has 27 heavy (non-hydrogen) atoms. The number of halogens is 6. The van der Waals surface area contributed by atoms with Gasteiger partial charge in [0.15, 0.2) is 0 Å². The highest BCUT2D eigenvalue weighted by atomic mass is 35.5. The molecule has 150 valence electrons. The maximum atomic E-state index is 13.2.